The monoisotopic (exact) mass is 523 g/mol. The van der Waals surface area contributed by atoms with Crippen molar-refractivity contribution in [3.63, 3.8) is 0 Å². The summed E-state index contributed by atoms with van der Waals surface area (Å²) in [5.41, 5.74) is 3.02. The van der Waals surface area contributed by atoms with E-state index in [0.29, 0.717) is 16.7 Å². The normalized spacial score (nSPS) is 27.7. The Bertz CT molecular complexity index is 1380. The van der Waals surface area contributed by atoms with E-state index in [2.05, 4.69) is 45.1 Å². The molecule has 7 nitrogen and oxygen atoms in total. The Morgan fingerprint density at radius 3 is 2.46 bits per heavy atom. The van der Waals surface area contributed by atoms with E-state index in [1.54, 1.807) is 12.1 Å². The van der Waals surface area contributed by atoms with Gasteiger partial charge in [0.05, 0.1) is 29.3 Å². The topological polar surface area (TPSA) is 76.3 Å². The fourth-order valence-corrected chi connectivity index (χ4v) is 6.38. The summed E-state index contributed by atoms with van der Waals surface area (Å²) in [5.74, 6) is -0.421. The maximum Gasteiger partial charge on any atom is 0.586 e. The number of hydrogen-bond acceptors (Lipinski definition) is 7. The van der Waals surface area contributed by atoms with Crippen molar-refractivity contribution < 1.29 is 27.6 Å². The molecule has 0 aromatic heterocycles. The molecule has 0 aliphatic carbocycles. The molecule has 4 atom stereocenters. The van der Waals surface area contributed by atoms with Crippen LogP contribution in [0.4, 0.5) is 8.78 Å². The smallest absolute Gasteiger partial charge is 0.395 e. The van der Waals surface area contributed by atoms with E-state index in [4.69, 9.17) is 18.8 Å². The number of nitrogens with zero attached hydrogens (tertiary/aromatic N) is 3. The molecule has 0 saturated carbocycles. The van der Waals surface area contributed by atoms with Crippen LogP contribution in [0.2, 0.25) is 18.1 Å². The van der Waals surface area contributed by atoms with Crippen molar-refractivity contribution in [1.82, 2.24) is 5.06 Å². The second-order valence-electron chi connectivity index (χ2n) is 11.3. The number of halogens is 2. The summed E-state index contributed by atoms with van der Waals surface area (Å²) in [4.78, 5) is 5.97. The summed E-state index contributed by atoms with van der Waals surface area (Å²) in [6, 6.07) is 15.7. The van der Waals surface area contributed by atoms with Crippen LogP contribution in [-0.4, -0.2) is 43.6 Å². The third-order valence-corrected chi connectivity index (χ3v) is 12.4. The highest BCUT2D eigenvalue weighted by Gasteiger charge is 2.66. The third-order valence-electron chi connectivity index (χ3n) is 8.07. The lowest BCUT2D eigenvalue weighted by Gasteiger charge is -2.40. The van der Waals surface area contributed by atoms with Gasteiger partial charge in [0.2, 0.25) is 8.32 Å². The molecule has 0 amide bonds. The fourth-order valence-electron chi connectivity index (χ4n) is 5.36. The minimum Gasteiger partial charge on any atom is -0.395 e. The van der Waals surface area contributed by atoms with E-state index in [-0.39, 0.29) is 22.5 Å². The first-order valence-electron chi connectivity index (χ1n) is 12.2. The van der Waals surface area contributed by atoms with Gasteiger partial charge >= 0.3 is 6.29 Å². The van der Waals surface area contributed by atoms with Gasteiger partial charge in [0.15, 0.2) is 17.6 Å². The van der Waals surface area contributed by atoms with Gasteiger partial charge in [-0.25, -0.2) is 0 Å². The highest BCUT2D eigenvalue weighted by molar-refractivity contribution is 6.74. The largest absolute Gasteiger partial charge is 0.586 e. The van der Waals surface area contributed by atoms with Crippen LogP contribution in [0.25, 0.3) is 5.57 Å². The van der Waals surface area contributed by atoms with Gasteiger partial charge in [0.25, 0.3) is 0 Å². The molecule has 4 aliphatic rings. The Balaban J connectivity index is 1.51. The van der Waals surface area contributed by atoms with Crippen LogP contribution < -0.4 is 9.47 Å². The number of rotatable bonds is 4. The minimum absolute atomic E-state index is 0.0666. The van der Waals surface area contributed by atoms with E-state index in [0.717, 1.165) is 11.3 Å². The maximum atomic E-state index is 14.1. The molecule has 2 aromatic carbocycles. The number of fused-ring (bicyclic) bond motifs is 6. The minimum atomic E-state index is -3.78. The maximum absolute atomic E-state index is 14.1. The zero-order valence-corrected chi connectivity index (χ0v) is 22.2. The molecule has 10 heteroatoms. The Morgan fingerprint density at radius 2 is 1.78 bits per heavy atom. The molecule has 4 heterocycles. The summed E-state index contributed by atoms with van der Waals surface area (Å²) < 4.78 is 44.7. The number of benzene rings is 2. The van der Waals surface area contributed by atoms with E-state index < -0.39 is 32.8 Å². The molecule has 0 N–H and O–H groups in total. The second kappa shape index (κ2) is 7.87. The first-order valence-corrected chi connectivity index (χ1v) is 15.1. The molecule has 2 aromatic rings. The van der Waals surface area contributed by atoms with Gasteiger partial charge in [-0.3, -0.25) is 0 Å². The summed E-state index contributed by atoms with van der Waals surface area (Å²) >= 11 is 0. The first-order chi connectivity index (χ1) is 17.4. The highest BCUT2D eigenvalue weighted by Crippen LogP contribution is 2.57. The second-order valence-corrected chi connectivity index (χ2v) is 16.0. The molecule has 6 rings (SSSR count). The fraction of sp³-hybridized carbons (Fsp3) is 0.407. The lowest BCUT2D eigenvalue weighted by Crippen LogP contribution is -2.50. The van der Waals surface area contributed by atoms with Gasteiger partial charge in [-0.15, -0.1) is 8.78 Å². The van der Waals surface area contributed by atoms with Crippen LogP contribution >= 0.6 is 0 Å². The van der Waals surface area contributed by atoms with Gasteiger partial charge in [-0.1, -0.05) is 68.4 Å². The van der Waals surface area contributed by atoms with Crippen molar-refractivity contribution >= 4 is 19.6 Å². The average Bonchev–Trinajstić information content (AvgIpc) is 3.54. The van der Waals surface area contributed by atoms with Crippen LogP contribution in [0.1, 0.15) is 31.9 Å². The van der Waals surface area contributed by atoms with Gasteiger partial charge in [0.1, 0.15) is 6.04 Å². The lowest BCUT2D eigenvalue weighted by atomic mass is 9.76. The Labute approximate surface area is 214 Å². The van der Waals surface area contributed by atoms with Crippen LogP contribution in [0.5, 0.6) is 11.5 Å². The van der Waals surface area contributed by atoms with E-state index in [9.17, 15) is 14.0 Å². The number of oxime groups is 1. The standard InChI is InChI=1S/C27H27F2N3O4Si/c1-26(2,3)37(4,5)36-32-22-17(14-30)19(16-12-9-13-18-24(16)34-27(28,29)33-18)23(32)20-21(31-35-25(20)22)15-10-7-6-8-11-15/h6-13,20,22-23,25H,1-5H3/t20?,22-,23+,25?/m0/s1. The summed E-state index contributed by atoms with van der Waals surface area (Å²) in [5, 5.41) is 16.6. The number of hydroxylamine groups is 2. The molecule has 2 unspecified atom stereocenters. The van der Waals surface area contributed by atoms with Gasteiger partial charge in [-0.2, -0.15) is 10.3 Å². The van der Waals surface area contributed by atoms with Crippen LogP contribution in [0.15, 0.2) is 59.3 Å². The number of alkyl halides is 2. The Hall–Kier alpha value is -3.26. The molecule has 2 bridgehead atoms. The molecule has 192 valence electrons. The lowest BCUT2D eigenvalue weighted by molar-refractivity contribution is -0.286. The Kier molecular flexibility index (Phi) is 5.12. The summed E-state index contributed by atoms with van der Waals surface area (Å²) in [6.45, 7) is 10.7. The zero-order valence-electron chi connectivity index (χ0n) is 21.2. The molecular weight excluding hydrogens is 496 g/mol. The van der Waals surface area contributed by atoms with Crippen LogP contribution in [-0.2, 0) is 9.36 Å². The zero-order chi connectivity index (χ0) is 26.3. The molecule has 4 aliphatic heterocycles. The van der Waals surface area contributed by atoms with E-state index in [1.807, 2.05) is 35.4 Å². The predicted molar refractivity (Wildman–Crippen MR) is 134 cm³/mol. The van der Waals surface area contributed by atoms with Gasteiger partial charge in [-0.05, 0) is 35.3 Å². The number of para-hydroxylation sites is 1. The van der Waals surface area contributed by atoms with Gasteiger partial charge < -0.3 is 18.8 Å². The molecule has 0 radical (unpaired) electrons. The number of ether oxygens (including phenoxy) is 2. The van der Waals surface area contributed by atoms with Crippen molar-refractivity contribution in [2.75, 3.05) is 0 Å². The van der Waals surface area contributed by atoms with Gasteiger partial charge in [0, 0.05) is 5.56 Å². The van der Waals surface area contributed by atoms with Crippen molar-refractivity contribution in [3.05, 3.63) is 65.2 Å². The number of nitriles is 1. The third kappa shape index (κ3) is 3.52. The van der Waals surface area contributed by atoms with Crippen LogP contribution in [0.3, 0.4) is 0 Å². The quantitative estimate of drug-likeness (QED) is 0.478. The van der Waals surface area contributed by atoms with Crippen molar-refractivity contribution in [1.29, 1.82) is 5.26 Å². The summed E-state index contributed by atoms with van der Waals surface area (Å²) in [6.07, 6.45) is -4.23. The van der Waals surface area contributed by atoms with Crippen molar-refractivity contribution in [2.24, 2.45) is 11.1 Å². The molecule has 1 fully saturated rings. The van der Waals surface area contributed by atoms with E-state index in [1.165, 1.54) is 6.07 Å². The SMILES string of the molecule is CC(C)(C)[Si](C)(C)ON1[C@@H]2C(c3cccc4c3OC(F)(F)O4)=C(C#N)[C@H]1C1ON=C(c3ccccc3)C12. The Morgan fingerprint density at radius 1 is 1.05 bits per heavy atom. The molecular formula is C27H27F2N3O4Si. The highest BCUT2D eigenvalue weighted by atomic mass is 28.4. The van der Waals surface area contributed by atoms with Crippen molar-refractivity contribution in [2.45, 2.75) is 63.4 Å². The average molecular weight is 524 g/mol. The predicted octanol–water partition coefficient (Wildman–Crippen LogP) is 5.71. The summed E-state index contributed by atoms with van der Waals surface area (Å²) in [7, 11) is -2.36. The van der Waals surface area contributed by atoms with Crippen LogP contribution in [0, 0.1) is 17.2 Å². The first kappa shape index (κ1) is 24.1. The molecule has 0 spiro atoms. The molecule has 37 heavy (non-hydrogen) atoms. The number of hydrogen-bond donors (Lipinski definition) is 0. The van der Waals surface area contributed by atoms with E-state index >= 15 is 0 Å². The molecule has 1 saturated heterocycles. The van der Waals surface area contributed by atoms with Crippen molar-refractivity contribution in [3.8, 4) is 17.6 Å².